The van der Waals surface area contributed by atoms with Crippen LogP contribution in [0.2, 0.25) is 0 Å². The number of nitrogens with one attached hydrogen (secondary N) is 1. The lowest BCUT2D eigenvalue weighted by Crippen LogP contribution is -2.23. The number of fused-ring (bicyclic) bond motifs is 1. The Bertz CT molecular complexity index is 965. The summed E-state index contributed by atoms with van der Waals surface area (Å²) in [6.07, 6.45) is 0.398. The van der Waals surface area contributed by atoms with Gasteiger partial charge < -0.3 is 14.8 Å². The molecule has 0 saturated carbocycles. The first-order valence-electron chi connectivity index (χ1n) is 8.99. The summed E-state index contributed by atoms with van der Waals surface area (Å²) >= 11 is 1.68. The van der Waals surface area contributed by atoms with E-state index in [0.717, 1.165) is 33.0 Å². The standard InChI is InChI=1S/C22H21NO3S/c1-3-26-21-15(10-7-11-18(21)25-2)16-12-19(24)23-20-17(13-27-22(16)20)14-8-5-4-6-9-14/h4-11,13,16H,3,12H2,1-2H3,(H,23,24)/t16-/m0/s1. The van der Waals surface area contributed by atoms with E-state index in [1.807, 2.05) is 43.3 Å². The Hall–Kier alpha value is -2.79. The van der Waals surface area contributed by atoms with Crippen molar-refractivity contribution in [2.24, 2.45) is 0 Å². The predicted octanol–water partition coefficient (Wildman–Crippen LogP) is 5.30. The van der Waals surface area contributed by atoms with Crippen LogP contribution in [0.1, 0.15) is 29.7 Å². The van der Waals surface area contributed by atoms with Gasteiger partial charge in [-0.2, -0.15) is 0 Å². The SMILES string of the molecule is CCOc1c(OC)cccc1[C@@H]1CC(=O)Nc2c(-c3ccccc3)csc21. The summed E-state index contributed by atoms with van der Waals surface area (Å²) in [5.41, 5.74) is 4.08. The molecule has 0 unspecified atom stereocenters. The van der Waals surface area contributed by atoms with E-state index < -0.39 is 0 Å². The van der Waals surface area contributed by atoms with Gasteiger partial charge in [-0.25, -0.2) is 0 Å². The highest BCUT2D eigenvalue weighted by molar-refractivity contribution is 7.11. The third-order valence-electron chi connectivity index (χ3n) is 4.77. The monoisotopic (exact) mass is 379 g/mol. The van der Waals surface area contributed by atoms with Crippen molar-refractivity contribution in [3.8, 4) is 22.6 Å². The zero-order valence-corrected chi connectivity index (χ0v) is 16.1. The first kappa shape index (κ1) is 17.6. The lowest BCUT2D eigenvalue weighted by Gasteiger charge is -2.26. The summed E-state index contributed by atoms with van der Waals surface area (Å²) in [6, 6.07) is 16.0. The third-order valence-corrected chi connectivity index (χ3v) is 5.86. The molecule has 1 aromatic heterocycles. The number of ether oxygens (including phenoxy) is 2. The van der Waals surface area contributed by atoms with Crippen molar-refractivity contribution in [2.45, 2.75) is 19.3 Å². The molecule has 0 saturated heterocycles. The normalized spacial score (nSPS) is 15.8. The molecular formula is C22H21NO3S. The molecule has 1 aliphatic heterocycles. The van der Waals surface area contributed by atoms with Gasteiger partial charge in [-0.3, -0.25) is 4.79 Å². The van der Waals surface area contributed by atoms with Crippen LogP contribution in [0.5, 0.6) is 11.5 Å². The maximum absolute atomic E-state index is 12.5. The molecule has 1 amide bonds. The Kier molecular flexibility index (Phi) is 4.86. The van der Waals surface area contributed by atoms with Crippen LogP contribution >= 0.6 is 11.3 Å². The molecule has 2 heterocycles. The van der Waals surface area contributed by atoms with E-state index in [4.69, 9.17) is 9.47 Å². The van der Waals surface area contributed by atoms with Gasteiger partial charge in [0.1, 0.15) is 0 Å². The van der Waals surface area contributed by atoms with E-state index in [2.05, 4.69) is 22.8 Å². The molecule has 0 aliphatic carbocycles. The number of benzene rings is 2. The molecule has 0 bridgehead atoms. The smallest absolute Gasteiger partial charge is 0.225 e. The molecule has 0 radical (unpaired) electrons. The highest BCUT2D eigenvalue weighted by atomic mass is 32.1. The maximum Gasteiger partial charge on any atom is 0.225 e. The first-order valence-corrected chi connectivity index (χ1v) is 9.87. The highest BCUT2D eigenvalue weighted by Gasteiger charge is 2.32. The van der Waals surface area contributed by atoms with E-state index >= 15 is 0 Å². The number of para-hydroxylation sites is 1. The van der Waals surface area contributed by atoms with Crippen molar-refractivity contribution in [2.75, 3.05) is 19.0 Å². The fourth-order valence-corrected chi connectivity index (χ4v) is 4.73. The largest absolute Gasteiger partial charge is 0.493 e. The lowest BCUT2D eigenvalue weighted by atomic mass is 9.88. The zero-order valence-electron chi connectivity index (χ0n) is 15.3. The van der Waals surface area contributed by atoms with Crippen molar-refractivity contribution in [1.82, 2.24) is 0 Å². The van der Waals surface area contributed by atoms with Crippen LogP contribution in [-0.2, 0) is 4.79 Å². The Labute approximate surface area is 162 Å². The number of methoxy groups -OCH3 is 1. The molecule has 3 aromatic rings. The van der Waals surface area contributed by atoms with Crippen molar-refractivity contribution >= 4 is 22.9 Å². The van der Waals surface area contributed by atoms with Gasteiger partial charge in [0.25, 0.3) is 0 Å². The van der Waals surface area contributed by atoms with E-state index in [1.54, 1.807) is 18.4 Å². The molecule has 1 atom stereocenters. The van der Waals surface area contributed by atoms with E-state index in [9.17, 15) is 4.79 Å². The average Bonchev–Trinajstić information content (AvgIpc) is 3.12. The van der Waals surface area contributed by atoms with Gasteiger partial charge in [0.2, 0.25) is 5.91 Å². The summed E-state index contributed by atoms with van der Waals surface area (Å²) in [7, 11) is 1.64. The molecule has 2 aromatic carbocycles. The lowest BCUT2D eigenvalue weighted by molar-refractivity contribution is -0.116. The van der Waals surface area contributed by atoms with Crippen LogP contribution in [0.15, 0.2) is 53.9 Å². The Morgan fingerprint density at radius 3 is 2.70 bits per heavy atom. The molecule has 0 fully saturated rings. The summed E-state index contributed by atoms with van der Waals surface area (Å²) in [4.78, 5) is 13.7. The van der Waals surface area contributed by atoms with Crippen LogP contribution in [0, 0.1) is 0 Å². The van der Waals surface area contributed by atoms with Crippen LogP contribution in [0.3, 0.4) is 0 Å². The predicted molar refractivity (Wildman–Crippen MR) is 109 cm³/mol. The molecule has 27 heavy (non-hydrogen) atoms. The van der Waals surface area contributed by atoms with Crippen LogP contribution < -0.4 is 14.8 Å². The number of carbonyl (C=O) groups excluding carboxylic acids is 1. The first-order chi connectivity index (χ1) is 13.2. The van der Waals surface area contributed by atoms with Crippen molar-refractivity contribution in [3.63, 3.8) is 0 Å². The number of anilines is 1. The minimum absolute atomic E-state index is 0.0216. The number of amides is 1. The summed E-state index contributed by atoms with van der Waals surface area (Å²) < 4.78 is 11.4. The highest BCUT2D eigenvalue weighted by Crippen LogP contribution is 2.49. The molecule has 0 spiro atoms. The van der Waals surface area contributed by atoms with Gasteiger partial charge in [0.05, 0.1) is 19.4 Å². The topological polar surface area (TPSA) is 47.6 Å². The summed E-state index contributed by atoms with van der Waals surface area (Å²) in [6.45, 7) is 2.49. The number of hydrogen-bond donors (Lipinski definition) is 1. The van der Waals surface area contributed by atoms with Crippen molar-refractivity contribution in [1.29, 1.82) is 0 Å². The maximum atomic E-state index is 12.5. The number of rotatable bonds is 5. The molecule has 5 heteroatoms. The average molecular weight is 379 g/mol. The van der Waals surface area contributed by atoms with Gasteiger partial charge >= 0.3 is 0 Å². The van der Waals surface area contributed by atoms with Gasteiger partial charge in [-0.05, 0) is 18.6 Å². The Morgan fingerprint density at radius 2 is 1.96 bits per heavy atom. The third kappa shape index (κ3) is 3.19. The van der Waals surface area contributed by atoms with E-state index in [1.165, 1.54) is 0 Å². The molecule has 1 N–H and O–H groups in total. The molecule has 1 aliphatic rings. The molecule has 4 nitrogen and oxygen atoms in total. The van der Waals surface area contributed by atoms with Crippen molar-refractivity contribution < 1.29 is 14.3 Å². The molecular weight excluding hydrogens is 358 g/mol. The fourth-order valence-electron chi connectivity index (χ4n) is 3.57. The fraction of sp³-hybridized carbons (Fsp3) is 0.227. The quantitative estimate of drug-likeness (QED) is 0.655. The van der Waals surface area contributed by atoms with Gasteiger partial charge in [0.15, 0.2) is 11.5 Å². The summed E-state index contributed by atoms with van der Waals surface area (Å²) in [5.74, 6) is 1.39. The minimum atomic E-state index is -0.0483. The second kappa shape index (κ2) is 7.45. The molecule has 4 rings (SSSR count). The van der Waals surface area contributed by atoms with Crippen LogP contribution in [0.25, 0.3) is 11.1 Å². The van der Waals surface area contributed by atoms with E-state index in [-0.39, 0.29) is 11.8 Å². The number of thiophene rings is 1. The number of carbonyl (C=O) groups is 1. The Balaban J connectivity index is 1.84. The number of hydrogen-bond acceptors (Lipinski definition) is 4. The molecule has 138 valence electrons. The second-order valence-corrected chi connectivity index (χ2v) is 7.28. The second-order valence-electron chi connectivity index (χ2n) is 6.37. The van der Waals surface area contributed by atoms with E-state index in [0.29, 0.717) is 18.8 Å². The van der Waals surface area contributed by atoms with Gasteiger partial charge in [-0.1, -0.05) is 42.5 Å². The van der Waals surface area contributed by atoms with Gasteiger partial charge in [-0.15, -0.1) is 11.3 Å². The minimum Gasteiger partial charge on any atom is -0.493 e. The Morgan fingerprint density at radius 1 is 1.15 bits per heavy atom. The van der Waals surface area contributed by atoms with Crippen molar-refractivity contribution in [3.05, 3.63) is 64.4 Å². The zero-order chi connectivity index (χ0) is 18.8. The van der Waals surface area contributed by atoms with Gasteiger partial charge in [0, 0.05) is 33.7 Å². The summed E-state index contributed by atoms with van der Waals surface area (Å²) in [5, 5.41) is 5.21. The van der Waals surface area contributed by atoms with Crippen LogP contribution in [-0.4, -0.2) is 19.6 Å². The van der Waals surface area contributed by atoms with Crippen LogP contribution in [0.4, 0.5) is 5.69 Å².